The van der Waals surface area contributed by atoms with E-state index in [1.807, 2.05) is 0 Å². The molecule has 146 valence electrons. The third-order valence-electron chi connectivity index (χ3n) is 4.68. The lowest BCUT2D eigenvalue weighted by Gasteiger charge is -2.35. The van der Waals surface area contributed by atoms with Crippen LogP contribution >= 0.6 is 0 Å². The highest BCUT2D eigenvalue weighted by Gasteiger charge is 2.32. The molecule has 0 saturated carbocycles. The molecule has 2 saturated heterocycles. The highest BCUT2D eigenvalue weighted by molar-refractivity contribution is 7.89. The summed E-state index contributed by atoms with van der Waals surface area (Å²) in [6, 6.07) is 0. The summed E-state index contributed by atoms with van der Waals surface area (Å²) in [5.41, 5.74) is 0.789. The number of carbonyl (C=O) groups is 1. The summed E-state index contributed by atoms with van der Waals surface area (Å²) in [4.78, 5) is 14.4. The molecule has 3 heterocycles. The minimum Gasteiger partial charge on any atom is -0.381 e. The normalized spacial score (nSPS) is 22.5. The average Bonchev–Trinajstić information content (AvgIpc) is 3.05. The van der Waals surface area contributed by atoms with Crippen LogP contribution in [0.5, 0.6) is 0 Å². The van der Waals surface area contributed by atoms with Crippen molar-refractivity contribution in [2.75, 3.05) is 38.7 Å². The number of amides is 1. The van der Waals surface area contributed by atoms with E-state index in [-0.39, 0.29) is 24.1 Å². The van der Waals surface area contributed by atoms with Crippen molar-refractivity contribution in [2.45, 2.75) is 25.5 Å². The molecule has 1 N–H and O–H groups in total. The van der Waals surface area contributed by atoms with Crippen molar-refractivity contribution in [1.82, 2.24) is 19.4 Å². The number of nitrogens with one attached hydrogen (secondary N) is 1. The van der Waals surface area contributed by atoms with Gasteiger partial charge in [-0.3, -0.25) is 9.48 Å². The fraction of sp³-hybridized carbons (Fsp3) is 0.750. The van der Waals surface area contributed by atoms with Gasteiger partial charge in [-0.2, -0.15) is 5.10 Å². The van der Waals surface area contributed by atoms with E-state index in [4.69, 9.17) is 9.47 Å². The molecule has 1 amide bonds. The Kier molecular flexibility index (Phi) is 6.28. The second-order valence-electron chi connectivity index (χ2n) is 6.79. The molecule has 2 fully saturated rings. The lowest BCUT2D eigenvalue weighted by atomic mass is 9.98. The number of hydrogen-bond acceptors (Lipinski definition) is 6. The Balaban J connectivity index is 1.51. The van der Waals surface area contributed by atoms with Crippen LogP contribution in [0.1, 0.15) is 18.4 Å². The Morgan fingerprint density at radius 1 is 1.35 bits per heavy atom. The van der Waals surface area contributed by atoms with Gasteiger partial charge in [-0.05, 0) is 12.8 Å². The molecule has 1 unspecified atom stereocenters. The molecule has 1 atom stereocenters. The predicted molar refractivity (Wildman–Crippen MR) is 93.7 cm³/mol. The van der Waals surface area contributed by atoms with Crippen molar-refractivity contribution in [1.29, 1.82) is 0 Å². The molecule has 10 heteroatoms. The number of nitrogens with zero attached hydrogens (tertiary/aromatic N) is 3. The van der Waals surface area contributed by atoms with E-state index in [1.165, 1.54) is 0 Å². The van der Waals surface area contributed by atoms with Gasteiger partial charge >= 0.3 is 0 Å². The first kappa shape index (κ1) is 19.3. The van der Waals surface area contributed by atoms with Crippen molar-refractivity contribution < 1.29 is 22.7 Å². The Hall–Kier alpha value is -1.49. The predicted octanol–water partition coefficient (Wildman–Crippen LogP) is -0.506. The van der Waals surface area contributed by atoms with Gasteiger partial charge in [0.1, 0.15) is 0 Å². The molecule has 0 aromatic carbocycles. The number of aryl methyl sites for hydroxylation is 1. The maximum absolute atomic E-state index is 12.6. The summed E-state index contributed by atoms with van der Waals surface area (Å²) < 4.78 is 39.7. The molecule has 2 aliphatic rings. The Labute approximate surface area is 153 Å². The molecule has 2 aliphatic heterocycles. The summed E-state index contributed by atoms with van der Waals surface area (Å²) in [6.45, 7) is 2.58. The Morgan fingerprint density at radius 2 is 2.12 bits per heavy atom. The quantitative estimate of drug-likeness (QED) is 0.707. The van der Waals surface area contributed by atoms with E-state index in [0.29, 0.717) is 32.9 Å². The zero-order chi connectivity index (χ0) is 18.6. The van der Waals surface area contributed by atoms with Crippen LogP contribution in [0.4, 0.5) is 0 Å². The molecule has 1 aromatic heterocycles. The first-order chi connectivity index (χ1) is 12.4. The minimum absolute atomic E-state index is 0.0252. The van der Waals surface area contributed by atoms with Crippen molar-refractivity contribution in [3.05, 3.63) is 18.0 Å². The van der Waals surface area contributed by atoms with Crippen LogP contribution in [0, 0.1) is 5.92 Å². The van der Waals surface area contributed by atoms with Crippen LogP contribution in [0.25, 0.3) is 0 Å². The second kappa shape index (κ2) is 8.47. The maximum atomic E-state index is 12.6. The van der Waals surface area contributed by atoms with Gasteiger partial charge in [-0.25, -0.2) is 13.1 Å². The minimum atomic E-state index is -3.51. The van der Waals surface area contributed by atoms with Crippen LogP contribution in [-0.2, 0) is 37.9 Å². The van der Waals surface area contributed by atoms with E-state index < -0.39 is 16.1 Å². The zero-order valence-corrected chi connectivity index (χ0v) is 15.8. The Bertz CT molecular complexity index is 714. The van der Waals surface area contributed by atoms with E-state index in [0.717, 1.165) is 18.4 Å². The lowest BCUT2D eigenvalue weighted by molar-refractivity contribution is -0.145. The average molecular weight is 386 g/mol. The third-order valence-corrected chi connectivity index (χ3v) is 6.08. The van der Waals surface area contributed by atoms with Crippen molar-refractivity contribution in [3.8, 4) is 0 Å². The van der Waals surface area contributed by atoms with Gasteiger partial charge in [0, 0.05) is 57.6 Å². The number of aromatic nitrogens is 2. The molecule has 0 spiro atoms. The fourth-order valence-corrected chi connectivity index (χ4v) is 4.48. The van der Waals surface area contributed by atoms with Gasteiger partial charge in [0.2, 0.25) is 15.9 Å². The molecule has 0 bridgehead atoms. The highest BCUT2D eigenvalue weighted by Crippen LogP contribution is 2.19. The molecular weight excluding hydrogens is 360 g/mol. The standard InChI is InChI=1S/C16H26N4O5S/c1-19-10-13(8-17-19)9-18-26(22,23)12-15-11-20(4-7-25-15)16(21)14-2-5-24-6-3-14/h8,10,14-15,18H,2-7,9,11-12H2,1H3. The van der Waals surface area contributed by atoms with E-state index in [9.17, 15) is 13.2 Å². The summed E-state index contributed by atoms with van der Waals surface area (Å²) in [7, 11) is -1.74. The van der Waals surface area contributed by atoms with Crippen LogP contribution in [0.2, 0.25) is 0 Å². The number of rotatable bonds is 6. The summed E-state index contributed by atoms with van der Waals surface area (Å²) in [5.74, 6) is -0.102. The first-order valence-corrected chi connectivity index (χ1v) is 10.5. The molecule has 0 aliphatic carbocycles. The van der Waals surface area contributed by atoms with E-state index in [2.05, 4.69) is 9.82 Å². The number of carbonyl (C=O) groups excluding carboxylic acids is 1. The van der Waals surface area contributed by atoms with Crippen molar-refractivity contribution >= 4 is 15.9 Å². The number of sulfonamides is 1. The monoisotopic (exact) mass is 386 g/mol. The molecule has 0 radical (unpaired) electrons. The van der Waals surface area contributed by atoms with Gasteiger partial charge in [0.25, 0.3) is 0 Å². The highest BCUT2D eigenvalue weighted by atomic mass is 32.2. The second-order valence-corrected chi connectivity index (χ2v) is 8.64. The molecular formula is C16H26N4O5S. The van der Waals surface area contributed by atoms with Crippen LogP contribution < -0.4 is 4.72 Å². The molecule has 26 heavy (non-hydrogen) atoms. The summed E-state index contributed by atoms with van der Waals surface area (Å²) in [5, 5.41) is 4.01. The summed E-state index contributed by atoms with van der Waals surface area (Å²) >= 11 is 0. The largest absolute Gasteiger partial charge is 0.381 e. The van der Waals surface area contributed by atoms with Gasteiger partial charge < -0.3 is 14.4 Å². The lowest BCUT2D eigenvalue weighted by Crippen LogP contribution is -2.51. The summed E-state index contributed by atoms with van der Waals surface area (Å²) in [6.07, 6.45) is 4.32. The first-order valence-electron chi connectivity index (χ1n) is 8.86. The maximum Gasteiger partial charge on any atom is 0.226 e. The number of ether oxygens (including phenoxy) is 2. The Morgan fingerprint density at radius 3 is 2.81 bits per heavy atom. The van der Waals surface area contributed by atoms with Crippen molar-refractivity contribution in [3.63, 3.8) is 0 Å². The zero-order valence-electron chi connectivity index (χ0n) is 15.0. The SMILES string of the molecule is Cn1cc(CNS(=O)(=O)CC2CN(C(=O)C3CCOCC3)CCO2)cn1. The smallest absolute Gasteiger partial charge is 0.226 e. The number of hydrogen-bond donors (Lipinski definition) is 1. The van der Waals surface area contributed by atoms with E-state index >= 15 is 0 Å². The van der Waals surface area contributed by atoms with Gasteiger partial charge in [-0.1, -0.05) is 0 Å². The van der Waals surface area contributed by atoms with Gasteiger partial charge in [0.05, 0.1) is 24.7 Å². The molecule has 1 aromatic rings. The van der Waals surface area contributed by atoms with Crippen LogP contribution in [0.3, 0.4) is 0 Å². The molecule has 9 nitrogen and oxygen atoms in total. The topological polar surface area (TPSA) is 103 Å². The van der Waals surface area contributed by atoms with Crippen LogP contribution in [0.15, 0.2) is 12.4 Å². The fourth-order valence-electron chi connectivity index (χ4n) is 3.28. The van der Waals surface area contributed by atoms with Gasteiger partial charge in [-0.15, -0.1) is 0 Å². The van der Waals surface area contributed by atoms with Gasteiger partial charge in [0.15, 0.2) is 0 Å². The number of morpholine rings is 1. The third kappa shape index (κ3) is 5.26. The van der Waals surface area contributed by atoms with Crippen molar-refractivity contribution in [2.24, 2.45) is 13.0 Å². The van der Waals surface area contributed by atoms with E-state index in [1.54, 1.807) is 29.0 Å². The molecule has 3 rings (SSSR count). The van der Waals surface area contributed by atoms with Crippen LogP contribution in [-0.4, -0.2) is 73.8 Å².